The fourth-order valence-electron chi connectivity index (χ4n) is 2.73. The number of piperidine rings is 1. The summed E-state index contributed by atoms with van der Waals surface area (Å²) in [5.74, 6) is 0. The summed E-state index contributed by atoms with van der Waals surface area (Å²) in [5, 5.41) is 4.21. The molecule has 0 spiro atoms. The summed E-state index contributed by atoms with van der Waals surface area (Å²) in [6.07, 6.45) is 10.9. The lowest BCUT2D eigenvalue weighted by molar-refractivity contribution is 0.120. The summed E-state index contributed by atoms with van der Waals surface area (Å²) in [5.41, 5.74) is 2.01. The fourth-order valence-corrected chi connectivity index (χ4v) is 2.73. The Bertz CT molecular complexity index is 521. The lowest BCUT2D eigenvalue weighted by Gasteiger charge is -2.35. The first-order valence-corrected chi connectivity index (χ1v) is 7.15. The van der Waals surface area contributed by atoms with Crippen molar-refractivity contribution < 1.29 is 0 Å². The van der Waals surface area contributed by atoms with Gasteiger partial charge in [0.15, 0.2) is 0 Å². The van der Waals surface area contributed by atoms with E-state index in [-0.39, 0.29) is 0 Å². The van der Waals surface area contributed by atoms with E-state index in [1.807, 2.05) is 24.0 Å². The molecule has 6 heteroatoms. The van der Waals surface area contributed by atoms with E-state index in [2.05, 4.69) is 25.0 Å². The highest BCUT2D eigenvalue weighted by Gasteiger charge is 2.23. The molecule has 3 rings (SSSR count). The van der Waals surface area contributed by atoms with E-state index in [0.717, 1.165) is 31.0 Å². The van der Waals surface area contributed by atoms with E-state index in [4.69, 9.17) is 0 Å². The van der Waals surface area contributed by atoms with Crippen LogP contribution >= 0.6 is 0 Å². The second-order valence-electron chi connectivity index (χ2n) is 5.39. The Hall–Kier alpha value is -1.82. The molecule has 1 aliphatic rings. The van der Waals surface area contributed by atoms with E-state index < -0.39 is 0 Å². The Kier molecular flexibility index (Phi) is 4.01. The third-order valence-electron chi connectivity index (χ3n) is 3.81. The van der Waals surface area contributed by atoms with Crippen molar-refractivity contribution in [3.63, 3.8) is 0 Å². The lowest BCUT2D eigenvalue weighted by Crippen LogP contribution is -2.41. The van der Waals surface area contributed by atoms with Crippen molar-refractivity contribution in [2.45, 2.75) is 45.3 Å². The SMILES string of the molecule is Cc1cnc(CN2CCCCC2Cn2cncn2)cn1. The minimum Gasteiger partial charge on any atom is -0.293 e. The minimum absolute atomic E-state index is 0.508. The number of hydrogen-bond acceptors (Lipinski definition) is 5. The van der Waals surface area contributed by atoms with Gasteiger partial charge in [0, 0.05) is 25.0 Å². The monoisotopic (exact) mass is 272 g/mol. The van der Waals surface area contributed by atoms with Crippen molar-refractivity contribution in [1.82, 2.24) is 29.6 Å². The number of aryl methyl sites for hydroxylation is 1. The molecular formula is C14H20N6. The lowest BCUT2D eigenvalue weighted by atomic mass is 10.0. The quantitative estimate of drug-likeness (QED) is 0.842. The van der Waals surface area contributed by atoms with Crippen LogP contribution in [0, 0.1) is 6.92 Å². The van der Waals surface area contributed by atoms with Crippen molar-refractivity contribution in [3.05, 3.63) is 36.4 Å². The van der Waals surface area contributed by atoms with Crippen LogP contribution in [0.5, 0.6) is 0 Å². The Morgan fingerprint density at radius 3 is 2.95 bits per heavy atom. The molecule has 1 unspecified atom stereocenters. The van der Waals surface area contributed by atoms with Gasteiger partial charge >= 0.3 is 0 Å². The maximum absolute atomic E-state index is 4.46. The van der Waals surface area contributed by atoms with E-state index in [9.17, 15) is 0 Å². The molecule has 0 aromatic carbocycles. The second kappa shape index (κ2) is 6.09. The van der Waals surface area contributed by atoms with Crippen LogP contribution < -0.4 is 0 Å². The smallest absolute Gasteiger partial charge is 0.137 e. The molecule has 2 aromatic heterocycles. The summed E-state index contributed by atoms with van der Waals surface area (Å²) < 4.78 is 1.92. The molecule has 1 aliphatic heterocycles. The second-order valence-corrected chi connectivity index (χ2v) is 5.39. The number of rotatable bonds is 4. The number of nitrogens with zero attached hydrogens (tertiary/aromatic N) is 6. The van der Waals surface area contributed by atoms with Gasteiger partial charge in [-0.25, -0.2) is 4.98 Å². The Labute approximate surface area is 118 Å². The van der Waals surface area contributed by atoms with Crippen molar-refractivity contribution in [3.8, 4) is 0 Å². The van der Waals surface area contributed by atoms with E-state index >= 15 is 0 Å². The summed E-state index contributed by atoms with van der Waals surface area (Å²) in [4.78, 5) is 15.3. The highest BCUT2D eigenvalue weighted by Crippen LogP contribution is 2.20. The molecule has 2 aromatic rings. The molecule has 0 N–H and O–H groups in total. The zero-order valence-corrected chi connectivity index (χ0v) is 11.8. The predicted octanol–water partition coefficient (Wildman–Crippen LogP) is 1.43. The molecule has 1 fully saturated rings. The summed E-state index contributed by atoms with van der Waals surface area (Å²) in [6.45, 7) is 4.85. The van der Waals surface area contributed by atoms with Crippen molar-refractivity contribution >= 4 is 0 Å². The molecule has 0 bridgehead atoms. The maximum Gasteiger partial charge on any atom is 0.137 e. The van der Waals surface area contributed by atoms with Gasteiger partial charge in [-0.2, -0.15) is 5.10 Å². The minimum atomic E-state index is 0.508. The largest absolute Gasteiger partial charge is 0.293 e. The van der Waals surface area contributed by atoms with Crippen LogP contribution in [0.4, 0.5) is 0 Å². The third kappa shape index (κ3) is 3.19. The van der Waals surface area contributed by atoms with Crippen LogP contribution in [0.2, 0.25) is 0 Å². The topological polar surface area (TPSA) is 59.7 Å². The van der Waals surface area contributed by atoms with Gasteiger partial charge < -0.3 is 0 Å². The van der Waals surface area contributed by atoms with Gasteiger partial charge in [-0.05, 0) is 26.3 Å². The van der Waals surface area contributed by atoms with Crippen molar-refractivity contribution in [1.29, 1.82) is 0 Å². The van der Waals surface area contributed by atoms with Gasteiger partial charge in [-0.3, -0.25) is 19.5 Å². The van der Waals surface area contributed by atoms with E-state index in [1.54, 1.807) is 12.7 Å². The van der Waals surface area contributed by atoms with Gasteiger partial charge in [-0.15, -0.1) is 0 Å². The van der Waals surface area contributed by atoms with E-state index in [0.29, 0.717) is 6.04 Å². The normalized spacial score (nSPS) is 20.1. The highest BCUT2D eigenvalue weighted by molar-refractivity contribution is 5.01. The molecular weight excluding hydrogens is 252 g/mol. The van der Waals surface area contributed by atoms with Crippen LogP contribution in [0.15, 0.2) is 25.0 Å². The van der Waals surface area contributed by atoms with Gasteiger partial charge in [0.25, 0.3) is 0 Å². The summed E-state index contributed by atoms with van der Waals surface area (Å²) in [7, 11) is 0. The standard InChI is InChI=1S/C14H20N6/c1-12-6-17-13(7-16-12)8-19-5-3-2-4-14(19)9-20-11-15-10-18-20/h6-7,10-11,14H,2-5,8-9H2,1H3. The van der Waals surface area contributed by atoms with Crippen LogP contribution in [-0.4, -0.2) is 42.2 Å². The average molecular weight is 272 g/mol. The molecule has 0 aliphatic carbocycles. The Balaban J connectivity index is 1.67. The van der Waals surface area contributed by atoms with E-state index in [1.165, 1.54) is 19.3 Å². The molecule has 1 atom stereocenters. The summed E-state index contributed by atoms with van der Waals surface area (Å²) >= 11 is 0. The zero-order chi connectivity index (χ0) is 13.8. The number of likely N-dealkylation sites (tertiary alicyclic amines) is 1. The highest BCUT2D eigenvalue weighted by atomic mass is 15.3. The fraction of sp³-hybridized carbons (Fsp3) is 0.571. The van der Waals surface area contributed by atoms with Crippen LogP contribution in [0.25, 0.3) is 0 Å². The van der Waals surface area contributed by atoms with Crippen molar-refractivity contribution in [2.75, 3.05) is 6.54 Å². The van der Waals surface area contributed by atoms with Crippen molar-refractivity contribution in [2.24, 2.45) is 0 Å². The molecule has 106 valence electrons. The van der Waals surface area contributed by atoms with Crippen LogP contribution in [0.3, 0.4) is 0 Å². The first-order valence-electron chi connectivity index (χ1n) is 7.15. The first-order chi connectivity index (χ1) is 9.81. The van der Waals surface area contributed by atoms with Gasteiger partial charge in [0.1, 0.15) is 12.7 Å². The average Bonchev–Trinajstić information content (AvgIpc) is 2.96. The predicted molar refractivity (Wildman–Crippen MR) is 74.8 cm³/mol. The van der Waals surface area contributed by atoms with Gasteiger partial charge in [0.05, 0.1) is 17.9 Å². The molecule has 6 nitrogen and oxygen atoms in total. The molecule has 0 saturated carbocycles. The Morgan fingerprint density at radius 1 is 1.25 bits per heavy atom. The summed E-state index contributed by atoms with van der Waals surface area (Å²) in [6, 6.07) is 0.508. The maximum atomic E-state index is 4.46. The Morgan fingerprint density at radius 2 is 2.20 bits per heavy atom. The third-order valence-corrected chi connectivity index (χ3v) is 3.81. The number of aromatic nitrogens is 5. The molecule has 3 heterocycles. The van der Waals surface area contributed by atoms with Crippen LogP contribution in [-0.2, 0) is 13.1 Å². The van der Waals surface area contributed by atoms with Crippen LogP contribution in [0.1, 0.15) is 30.7 Å². The van der Waals surface area contributed by atoms with Gasteiger partial charge in [0.2, 0.25) is 0 Å². The number of hydrogen-bond donors (Lipinski definition) is 0. The first kappa shape index (κ1) is 13.2. The molecule has 0 amide bonds. The molecule has 0 radical (unpaired) electrons. The zero-order valence-electron chi connectivity index (χ0n) is 11.8. The molecule has 1 saturated heterocycles. The van der Waals surface area contributed by atoms with Gasteiger partial charge in [-0.1, -0.05) is 6.42 Å². The molecule has 20 heavy (non-hydrogen) atoms.